The van der Waals surface area contributed by atoms with Gasteiger partial charge in [-0.1, -0.05) is 0 Å². The molecule has 0 saturated heterocycles. The maximum atomic E-state index is 12.0. The quantitative estimate of drug-likeness (QED) is 0.635. The fraction of sp³-hybridized carbons (Fsp3) is 0.333. The van der Waals surface area contributed by atoms with Crippen LogP contribution in [0.1, 0.15) is 22.1 Å². The molecule has 0 saturated carbocycles. The zero-order valence-corrected chi connectivity index (χ0v) is 11.4. The van der Waals surface area contributed by atoms with E-state index in [4.69, 9.17) is 5.73 Å². The Hall–Kier alpha value is -2.68. The van der Waals surface area contributed by atoms with E-state index in [2.05, 4.69) is 15.4 Å². The molecule has 0 radical (unpaired) electrons. The van der Waals surface area contributed by atoms with E-state index in [0.29, 0.717) is 18.7 Å². The van der Waals surface area contributed by atoms with Crippen molar-refractivity contribution in [2.24, 2.45) is 12.8 Å². The number of carboxylic acid groups (broad SMARTS) is 1. The first kappa shape index (κ1) is 14.7. The lowest BCUT2D eigenvalue weighted by atomic mass is 10.1. The summed E-state index contributed by atoms with van der Waals surface area (Å²) in [5.74, 6) is -1.74. The number of nitrogens with one attached hydrogen (secondary N) is 1. The van der Waals surface area contributed by atoms with Crippen LogP contribution < -0.4 is 11.1 Å². The van der Waals surface area contributed by atoms with Gasteiger partial charge in [0.15, 0.2) is 6.04 Å². The zero-order chi connectivity index (χ0) is 15.4. The molecule has 0 fully saturated rings. The number of aliphatic carboxylic acids is 1. The average Bonchev–Trinajstić information content (AvgIpc) is 3.05. The molecule has 0 aliphatic heterocycles. The number of amides is 1. The molecule has 4 N–H and O–H groups in total. The second-order valence-corrected chi connectivity index (χ2v) is 4.48. The van der Waals surface area contributed by atoms with E-state index >= 15 is 0 Å². The standard InChI is InChI=1S/C12H16N6O3/c1-17-5-8(4-15-17)10(12(20)21)16-11(19)9-6-18(3-2-13)7-14-9/h4-7,10H,2-3,13H2,1H3,(H,16,19)(H,20,21). The molecule has 0 aliphatic rings. The minimum Gasteiger partial charge on any atom is -0.479 e. The third-order valence-corrected chi connectivity index (χ3v) is 2.83. The molecule has 0 bridgehead atoms. The summed E-state index contributed by atoms with van der Waals surface area (Å²) >= 11 is 0. The normalized spacial score (nSPS) is 12.1. The Morgan fingerprint density at radius 2 is 2.24 bits per heavy atom. The summed E-state index contributed by atoms with van der Waals surface area (Å²) in [6.07, 6.45) is 5.92. The van der Waals surface area contributed by atoms with Crippen LogP contribution in [0.2, 0.25) is 0 Å². The Balaban J connectivity index is 2.12. The lowest BCUT2D eigenvalue weighted by Crippen LogP contribution is -2.33. The van der Waals surface area contributed by atoms with Gasteiger partial charge in [-0.25, -0.2) is 9.78 Å². The molecule has 1 unspecified atom stereocenters. The first-order chi connectivity index (χ1) is 10.0. The highest BCUT2D eigenvalue weighted by Gasteiger charge is 2.24. The molecule has 2 heterocycles. The average molecular weight is 292 g/mol. The Bertz CT molecular complexity index is 647. The van der Waals surface area contributed by atoms with E-state index in [1.54, 1.807) is 11.6 Å². The number of carbonyl (C=O) groups is 2. The first-order valence-electron chi connectivity index (χ1n) is 6.25. The van der Waals surface area contributed by atoms with Crippen LogP contribution in [0.5, 0.6) is 0 Å². The summed E-state index contributed by atoms with van der Waals surface area (Å²) in [4.78, 5) is 27.3. The van der Waals surface area contributed by atoms with Gasteiger partial charge in [0.1, 0.15) is 5.69 Å². The highest BCUT2D eigenvalue weighted by Crippen LogP contribution is 2.12. The molecule has 112 valence electrons. The highest BCUT2D eigenvalue weighted by molar-refractivity contribution is 5.95. The van der Waals surface area contributed by atoms with Crippen molar-refractivity contribution < 1.29 is 14.7 Å². The Labute approximate surface area is 120 Å². The molecule has 0 spiro atoms. The van der Waals surface area contributed by atoms with E-state index < -0.39 is 17.9 Å². The summed E-state index contributed by atoms with van der Waals surface area (Å²) in [7, 11) is 1.67. The fourth-order valence-corrected chi connectivity index (χ4v) is 1.83. The van der Waals surface area contributed by atoms with Gasteiger partial charge < -0.3 is 20.7 Å². The number of rotatable bonds is 6. The summed E-state index contributed by atoms with van der Waals surface area (Å²) in [6, 6.07) is -1.18. The molecular formula is C12H16N6O3. The van der Waals surface area contributed by atoms with Crippen LogP contribution in [-0.2, 0) is 18.4 Å². The van der Waals surface area contributed by atoms with Crippen molar-refractivity contribution in [3.63, 3.8) is 0 Å². The lowest BCUT2D eigenvalue weighted by molar-refractivity contribution is -0.139. The molecule has 2 aromatic heterocycles. The number of hydrogen-bond acceptors (Lipinski definition) is 5. The van der Waals surface area contributed by atoms with Crippen molar-refractivity contribution in [2.45, 2.75) is 12.6 Å². The second-order valence-electron chi connectivity index (χ2n) is 4.48. The topological polar surface area (TPSA) is 128 Å². The van der Waals surface area contributed by atoms with Crippen molar-refractivity contribution in [1.82, 2.24) is 24.6 Å². The number of nitrogens with two attached hydrogens (primary N) is 1. The second kappa shape index (κ2) is 6.18. The number of hydrogen-bond donors (Lipinski definition) is 3. The molecule has 21 heavy (non-hydrogen) atoms. The van der Waals surface area contributed by atoms with Gasteiger partial charge in [0.2, 0.25) is 0 Å². The molecule has 2 aromatic rings. The maximum absolute atomic E-state index is 12.0. The monoisotopic (exact) mass is 292 g/mol. The van der Waals surface area contributed by atoms with Gasteiger partial charge in [-0.15, -0.1) is 0 Å². The Kier molecular flexibility index (Phi) is 4.33. The van der Waals surface area contributed by atoms with E-state index in [1.807, 2.05) is 0 Å². The van der Waals surface area contributed by atoms with Crippen molar-refractivity contribution in [2.75, 3.05) is 6.54 Å². The predicted molar refractivity (Wildman–Crippen MR) is 72.3 cm³/mol. The summed E-state index contributed by atoms with van der Waals surface area (Å²) in [5.41, 5.74) is 5.93. The number of carbonyl (C=O) groups excluding carboxylic acids is 1. The summed E-state index contributed by atoms with van der Waals surface area (Å²) in [6.45, 7) is 0.954. The smallest absolute Gasteiger partial charge is 0.331 e. The Morgan fingerprint density at radius 3 is 2.81 bits per heavy atom. The van der Waals surface area contributed by atoms with Gasteiger partial charge in [-0.05, 0) is 0 Å². The van der Waals surface area contributed by atoms with Crippen molar-refractivity contribution in [1.29, 1.82) is 0 Å². The minimum atomic E-state index is -1.18. The third kappa shape index (κ3) is 3.45. The van der Waals surface area contributed by atoms with Crippen molar-refractivity contribution >= 4 is 11.9 Å². The molecule has 0 aromatic carbocycles. The molecular weight excluding hydrogens is 276 g/mol. The summed E-state index contributed by atoms with van der Waals surface area (Å²) in [5, 5.41) is 15.5. The molecule has 0 aliphatic carbocycles. The predicted octanol–water partition coefficient (Wildman–Crippen LogP) is -0.869. The number of imidazole rings is 1. The summed E-state index contributed by atoms with van der Waals surface area (Å²) < 4.78 is 3.13. The van der Waals surface area contributed by atoms with E-state index in [0.717, 1.165) is 0 Å². The van der Waals surface area contributed by atoms with Gasteiger partial charge in [0.25, 0.3) is 5.91 Å². The lowest BCUT2D eigenvalue weighted by Gasteiger charge is -2.11. The largest absolute Gasteiger partial charge is 0.479 e. The van der Waals surface area contributed by atoms with Crippen LogP contribution in [0.25, 0.3) is 0 Å². The van der Waals surface area contributed by atoms with Crippen molar-refractivity contribution in [3.05, 3.63) is 36.2 Å². The highest BCUT2D eigenvalue weighted by atomic mass is 16.4. The maximum Gasteiger partial charge on any atom is 0.331 e. The number of carboxylic acids is 1. The van der Waals surface area contributed by atoms with E-state index in [-0.39, 0.29) is 5.69 Å². The minimum absolute atomic E-state index is 0.138. The van der Waals surface area contributed by atoms with Crippen molar-refractivity contribution in [3.8, 4) is 0 Å². The van der Waals surface area contributed by atoms with Gasteiger partial charge in [0.05, 0.1) is 12.5 Å². The van der Waals surface area contributed by atoms with Gasteiger partial charge in [-0.3, -0.25) is 9.48 Å². The van der Waals surface area contributed by atoms with Gasteiger partial charge in [-0.2, -0.15) is 5.10 Å². The molecule has 9 heteroatoms. The number of aromatic nitrogens is 4. The van der Waals surface area contributed by atoms with E-state index in [1.165, 1.54) is 29.6 Å². The molecule has 1 amide bonds. The van der Waals surface area contributed by atoms with Crippen LogP contribution in [0.15, 0.2) is 24.9 Å². The molecule has 9 nitrogen and oxygen atoms in total. The zero-order valence-electron chi connectivity index (χ0n) is 11.4. The number of nitrogens with zero attached hydrogens (tertiary/aromatic N) is 4. The molecule has 2 rings (SSSR count). The fourth-order valence-electron chi connectivity index (χ4n) is 1.83. The van der Waals surface area contributed by atoms with Crippen LogP contribution in [0.3, 0.4) is 0 Å². The first-order valence-corrected chi connectivity index (χ1v) is 6.25. The Morgan fingerprint density at radius 1 is 1.48 bits per heavy atom. The van der Waals surface area contributed by atoms with E-state index in [9.17, 15) is 14.7 Å². The van der Waals surface area contributed by atoms with Crippen LogP contribution in [0.4, 0.5) is 0 Å². The number of aryl methyl sites for hydroxylation is 1. The third-order valence-electron chi connectivity index (χ3n) is 2.83. The van der Waals surface area contributed by atoms with Gasteiger partial charge >= 0.3 is 5.97 Å². The van der Waals surface area contributed by atoms with Crippen LogP contribution in [-0.4, -0.2) is 42.9 Å². The van der Waals surface area contributed by atoms with Crippen LogP contribution in [0, 0.1) is 0 Å². The van der Waals surface area contributed by atoms with Crippen LogP contribution >= 0.6 is 0 Å². The van der Waals surface area contributed by atoms with Gasteiger partial charge in [0, 0.05) is 38.1 Å². The molecule has 1 atom stereocenters. The SMILES string of the molecule is Cn1cc(C(NC(=O)c2cn(CCN)cn2)C(=O)O)cn1.